The Morgan fingerprint density at radius 1 is 1.00 bits per heavy atom. The predicted octanol–water partition coefficient (Wildman–Crippen LogP) is 5.75. The van der Waals surface area contributed by atoms with Crippen LogP contribution in [0.3, 0.4) is 0 Å². The molecule has 54 heavy (non-hydrogen) atoms. The highest BCUT2D eigenvalue weighted by Gasteiger charge is 2.20. The number of likely N-dealkylation sites (N-methyl/N-ethyl adjacent to an activating group) is 1. The fourth-order valence-electron chi connectivity index (χ4n) is 6.09. The molecule has 11 nitrogen and oxygen atoms in total. The first kappa shape index (κ1) is 43.7. The molecule has 0 spiro atoms. The van der Waals surface area contributed by atoms with Crippen LogP contribution in [0.4, 0.5) is 10.1 Å². The van der Waals surface area contributed by atoms with Crippen molar-refractivity contribution in [3.05, 3.63) is 93.3 Å². The number of fused-ring (bicyclic) bond motifs is 1. The van der Waals surface area contributed by atoms with E-state index in [4.69, 9.17) is 9.57 Å². The molecule has 0 unspecified atom stereocenters. The smallest absolute Gasteiger partial charge is 0.219 e. The topological polar surface area (TPSA) is 127 Å². The molecule has 0 aliphatic carbocycles. The minimum absolute atomic E-state index is 0.00292. The largest absolute Gasteiger partial charge is 0.489 e. The summed E-state index contributed by atoms with van der Waals surface area (Å²) in [5, 5.41) is 16.7. The first-order chi connectivity index (χ1) is 26.1. The summed E-state index contributed by atoms with van der Waals surface area (Å²) >= 11 is 0. The van der Waals surface area contributed by atoms with Crippen molar-refractivity contribution in [2.24, 2.45) is 0 Å². The molecular formula is C42H57FN6O5. The summed E-state index contributed by atoms with van der Waals surface area (Å²) in [6.45, 7) is 8.35. The molecule has 2 aliphatic rings. The van der Waals surface area contributed by atoms with Crippen LogP contribution in [-0.2, 0) is 40.6 Å². The molecule has 3 aromatic carbocycles. The van der Waals surface area contributed by atoms with Gasteiger partial charge >= 0.3 is 0 Å². The molecule has 0 aromatic heterocycles. The van der Waals surface area contributed by atoms with Gasteiger partial charge in [-0.05, 0) is 99.8 Å². The van der Waals surface area contributed by atoms with E-state index in [0.717, 1.165) is 93.4 Å². The number of halogens is 1. The second-order valence-electron chi connectivity index (χ2n) is 13.6. The van der Waals surface area contributed by atoms with Crippen LogP contribution in [0.1, 0.15) is 82.3 Å². The number of rotatable bonds is 15. The Morgan fingerprint density at radius 3 is 2.44 bits per heavy atom. The van der Waals surface area contributed by atoms with Gasteiger partial charge in [0.1, 0.15) is 30.7 Å². The first-order valence-electron chi connectivity index (χ1n) is 18.7. The number of anilines is 1. The van der Waals surface area contributed by atoms with Crippen LogP contribution < -0.4 is 20.3 Å². The molecule has 0 radical (unpaired) electrons. The normalized spacial score (nSPS) is 14.0. The van der Waals surface area contributed by atoms with E-state index in [1.807, 2.05) is 62.5 Å². The summed E-state index contributed by atoms with van der Waals surface area (Å²) in [4.78, 5) is 40.9. The number of aldehydes is 2. The molecule has 2 aliphatic heterocycles. The van der Waals surface area contributed by atoms with Crippen LogP contribution in [0.5, 0.6) is 5.75 Å². The van der Waals surface area contributed by atoms with Crippen LogP contribution >= 0.6 is 0 Å². The quantitative estimate of drug-likeness (QED) is 0.147. The molecular weight excluding hydrogens is 687 g/mol. The summed E-state index contributed by atoms with van der Waals surface area (Å²) < 4.78 is 20.4. The third kappa shape index (κ3) is 14.3. The van der Waals surface area contributed by atoms with Crippen molar-refractivity contribution in [1.29, 1.82) is 5.26 Å². The molecule has 1 amide bonds. The zero-order valence-electron chi connectivity index (χ0n) is 32.6. The maximum atomic E-state index is 14.4. The van der Waals surface area contributed by atoms with Gasteiger partial charge in [0.15, 0.2) is 0 Å². The number of nitriles is 1. The van der Waals surface area contributed by atoms with Crippen molar-refractivity contribution in [3.63, 3.8) is 0 Å². The van der Waals surface area contributed by atoms with Crippen molar-refractivity contribution >= 4 is 24.2 Å². The van der Waals surface area contributed by atoms with E-state index >= 15 is 0 Å². The highest BCUT2D eigenvalue weighted by Crippen LogP contribution is 2.29. The average Bonchev–Trinajstić information content (AvgIpc) is 3.18. The van der Waals surface area contributed by atoms with E-state index in [1.54, 1.807) is 7.05 Å². The Kier molecular flexibility index (Phi) is 19.3. The number of carbonyl (C=O) groups excluding carboxylic acids is 3. The summed E-state index contributed by atoms with van der Waals surface area (Å²) in [5.74, 6) is 0.619. The van der Waals surface area contributed by atoms with Crippen LogP contribution in [-0.4, -0.2) is 89.4 Å². The molecule has 1 fully saturated rings. The number of carbonyl (C=O) groups is 3. The van der Waals surface area contributed by atoms with E-state index < -0.39 is 0 Å². The van der Waals surface area contributed by atoms with Gasteiger partial charge in [-0.2, -0.15) is 10.3 Å². The van der Waals surface area contributed by atoms with Gasteiger partial charge in [-0.15, -0.1) is 0 Å². The Labute approximate surface area is 320 Å². The lowest BCUT2D eigenvalue weighted by Gasteiger charge is -2.34. The number of nitrogens with zero attached hydrogens (tertiary/aromatic N) is 4. The standard InChI is InChI=1S/C18H27FN4.C18H19NO3.C6H11NO2/c1-21-7-5-3-4-6-15-13-18(17(19)12-16(15)14-20)23-10-8-22(2)9-11-23;1-13-8-14(10-20)6-7-15(13)11-21-18-5-3-4-16-12-22-19(2)9-17(16)18;1-7-6(9)4-2-3-5-8/h12-13,21H,3-11H2,1-2H3;3-8,10H,9,11-12H2,1-2H3;5H,2-4H2,1H3,(H,7,9). The van der Waals surface area contributed by atoms with Gasteiger partial charge in [-0.1, -0.05) is 30.7 Å². The molecule has 0 saturated carbocycles. The Balaban J connectivity index is 0.000000238. The summed E-state index contributed by atoms with van der Waals surface area (Å²) in [6.07, 6.45) is 7.39. The summed E-state index contributed by atoms with van der Waals surface area (Å²) in [5.41, 5.74) is 7.31. The number of nitrogens with one attached hydrogen (secondary N) is 2. The third-order valence-electron chi connectivity index (χ3n) is 9.45. The molecule has 292 valence electrons. The lowest BCUT2D eigenvalue weighted by atomic mass is 10.00. The Bertz CT molecular complexity index is 1690. The minimum atomic E-state index is -0.273. The number of amides is 1. The lowest BCUT2D eigenvalue weighted by Crippen LogP contribution is -2.44. The van der Waals surface area contributed by atoms with E-state index in [-0.39, 0.29) is 11.7 Å². The SMILES string of the molecule is CNC(=O)CCCC=O.CNCCCCCc1cc(N2CCN(C)CC2)c(F)cc1C#N.Cc1cc(C=O)ccc1COc1cccc2c1CN(C)OC2. The number of ether oxygens (including phenoxy) is 1. The molecule has 12 heteroatoms. The number of hydrogen-bond acceptors (Lipinski definition) is 10. The number of unbranched alkanes of at least 4 members (excludes halogenated alkanes) is 3. The number of hydroxylamine groups is 2. The third-order valence-corrected chi connectivity index (χ3v) is 9.45. The van der Waals surface area contributed by atoms with Crippen molar-refractivity contribution in [3.8, 4) is 11.8 Å². The van der Waals surface area contributed by atoms with Gasteiger partial charge < -0.3 is 30.0 Å². The lowest BCUT2D eigenvalue weighted by molar-refractivity contribution is -0.168. The number of piperazine rings is 1. The maximum absolute atomic E-state index is 14.4. The highest BCUT2D eigenvalue weighted by molar-refractivity contribution is 5.76. The maximum Gasteiger partial charge on any atom is 0.219 e. The average molecular weight is 745 g/mol. The fourth-order valence-corrected chi connectivity index (χ4v) is 6.09. The van der Waals surface area contributed by atoms with Gasteiger partial charge in [0.2, 0.25) is 5.91 Å². The number of aryl methyl sites for hydroxylation is 2. The van der Waals surface area contributed by atoms with Crippen LogP contribution in [0.25, 0.3) is 0 Å². The fraction of sp³-hybridized carbons (Fsp3) is 0.476. The Morgan fingerprint density at radius 2 is 1.78 bits per heavy atom. The van der Waals surface area contributed by atoms with Crippen molar-refractivity contribution in [2.75, 3.05) is 65.8 Å². The number of benzene rings is 3. The van der Waals surface area contributed by atoms with Crippen LogP contribution in [0, 0.1) is 24.1 Å². The molecule has 2 heterocycles. The monoisotopic (exact) mass is 744 g/mol. The van der Waals surface area contributed by atoms with Crippen molar-refractivity contribution < 1.29 is 28.3 Å². The summed E-state index contributed by atoms with van der Waals surface area (Å²) in [7, 11) is 7.55. The van der Waals surface area contributed by atoms with Gasteiger partial charge in [0.05, 0.1) is 30.5 Å². The van der Waals surface area contributed by atoms with Gasteiger partial charge in [-0.3, -0.25) is 14.4 Å². The molecule has 5 rings (SSSR count). The summed E-state index contributed by atoms with van der Waals surface area (Å²) in [6, 6.07) is 17.2. The van der Waals surface area contributed by atoms with Crippen molar-refractivity contribution in [2.45, 2.75) is 71.6 Å². The predicted molar refractivity (Wildman–Crippen MR) is 210 cm³/mol. The second-order valence-corrected chi connectivity index (χ2v) is 13.6. The van der Waals surface area contributed by atoms with Gasteiger partial charge in [0, 0.05) is 64.2 Å². The Hall–Kier alpha value is -4.67. The first-order valence-corrected chi connectivity index (χ1v) is 18.7. The highest BCUT2D eigenvalue weighted by atomic mass is 19.1. The zero-order valence-corrected chi connectivity index (χ0v) is 32.6. The van der Waals surface area contributed by atoms with E-state index in [0.29, 0.717) is 55.8 Å². The van der Waals surface area contributed by atoms with Crippen LogP contribution in [0.15, 0.2) is 48.5 Å². The van der Waals surface area contributed by atoms with Crippen molar-refractivity contribution in [1.82, 2.24) is 20.6 Å². The molecule has 0 atom stereocenters. The number of hydrogen-bond donors (Lipinski definition) is 2. The molecule has 3 aromatic rings. The molecule has 0 bridgehead atoms. The van der Waals surface area contributed by atoms with E-state index in [9.17, 15) is 24.0 Å². The van der Waals surface area contributed by atoms with Gasteiger partial charge in [-0.25, -0.2) is 4.39 Å². The minimum Gasteiger partial charge on any atom is -0.489 e. The van der Waals surface area contributed by atoms with E-state index in [1.165, 1.54) is 17.2 Å². The molecule has 2 N–H and O–H groups in total. The zero-order chi connectivity index (χ0) is 39.3. The second kappa shape index (κ2) is 23.9. The van der Waals surface area contributed by atoms with E-state index in [2.05, 4.69) is 39.6 Å². The van der Waals surface area contributed by atoms with Gasteiger partial charge in [0.25, 0.3) is 0 Å². The molecule has 1 saturated heterocycles. The van der Waals surface area contributed by atoms with Crippen LogP contribution in [0.2, 0.25) is 0 Å².